The van der Waals surface area contributed by atoms with Crippen LogP contribution in [0.2, 0.25) is 0 Å². The van der Waals surface area contributed by atoms with Gasteiger partial charge in [-0.25, -0.2) is 8.42 Å². The SMILES string of the molecule is CS(=O)(=O)CCCNc1ccncc1. The second-order valence-corrected chi connectivity index (χ2v) is 5.41. The fourth-order valence-electron chi connectivity index (χ4n) is 1.04. The highest BCUT2D eigenvalue weighted by atomic mass is 32.2. The molecule has 0 saturated carbocycles. The predicted molar refractivity (Wildman–Crippen MR) is 57.1 cm³/mol. The first-order valence-electron chi connectivity index (χ1n) is 4.39. The van der Waals surface area contributed by atoms with Crippen molar-refractivity contribution in [1.29, 1.82) is 0 Å². The van der Waals surface area contributed by atoms with E-state index in [1.54, 1.807) is 12.4 Å². The van der Waals surface area contributed by atoms with Crippen molar-refractivity contribution in [3.63, 3.8) is 0 Å². The Morgan fingerprint density at radius 3 is 2.57 bits per heavy atom. The lowest BCUT2D eigenvalue weighted by atomic mass is 10.4. The maximum Gasteiger partial charge on any atom is 0.147 e. The highest BCUT2D eigenvalue weighted by Crippen LogP contribution is 2.02. The first-order chi connectivity index (χ1) is 6.58. The molecule has 0 atom stereocenters. The van der Waals surface area contributed by atoms with Gasteiger partial charge in [-0.3, -0.25) is 4.98 Å². The van der Waals surface area contributed by atoms with Gasteiger partial charge in [-0.1, -0.05) is 0 Å². The molecule has 0 saturated heterocycles. The third-order valence-corrected chi connectivity index (χ3v) is 2.73. The second kappa shape index (κ2) is 4.95. The van der Waals surface area contributed by atoms with Gasteiger partial charge < -0.3 is 5.32 Å². The standard InChI is InChI=1S/C9H14N2O2S/c1-14(12,13)8-2-5-11-9-3-6-10-7-4-9/h3-4,6-7H,2,5,8H2,1H3,(H,10,11). The number of rotatable bonds is 5. The van der Waals surface area contributed by atoms with Gasteiger partial charge in [-0.2, -0.15) is 0 Å². The Bertz CT molecular complexity index is 362. The summed E-state index contributed by atoms with van der Waals surface area (Å²) in [6.07, 6.45) is 5.26. The number of hydrogen-bond acceptors (Lipinski definition) is 4. The van der Waals surface area contributed by atoms with E-state index in [0.29, 0.717) is 13.0 Å². The molecule has 0 radical (unpaired) electrons. The molecule has 0 aliphatic carbocycles. The molecule has 0 aliphatic rings. The first-order valence-corrected chi connectivity index (χ1v) is 6.45. The first kappa shape index (κ1) is 11.0. The summed E-state index contributed by atoms with van der Waals surface area (Å²) in [5, 5.41) is 3.11. The van der Waals surface area contributed by atoms with E-state index in [1.807, 2.05) is 12.1 Å². The zero-order valence-corrected chi connectivity index (χ0v) is 8.92. The summed E-state index contributed by atoms with van der Waals surface area (Å²) in [5.41, 5.74) is 0.966. The minimum absolute atomic E-state index is 0.227. The van der Waals surface area contributed by atoms with E-state index < -0.39 is 9.84 Å². The molecular weight excluding hydrogens is 200 g/mol. The van der Waals surface area contributed by atoms with Crippen molar-refractivity contribution >= 4 is 15.5 Å². The predicted octanol–water partition coefficient (Wildman–Crippen LogP) is 0.928. The molecule has 0 bridgehead atoms. The van der Waals surface area contributed by atoms with Gasteiger partial charge in [0, 0.05) is 30.9 Å². The number of pyridine rings is 1. The molecule has 78 valence electrons. The van der Waals surface area contributed by atoms with Crippen LogP contribution in [-0.2, 0) is 9.84 Å². The van der Waals surface area contributed by atoms with Crippen molar-refractivity contribution in [3.8, 4) is 0 Å². The maximum absolute atomic E-state index is 10.8. The average Bonchev–Trinajstić information content (AvgIpc) is 2.13. The molecule has 0 unspecified atom stereocenters. The minimum Gasteiger partial charge on any atom is -0.385 e. The maximum atomic E-state index is 10.8. The minimum atomic E-state index is -2.83. The lowest BCUT2D eigenvalue weighted by molar-refractivity contribution is 0.600. The van der Waals surface area contributed by atoms with Crippen LogP contribution < -0.4 is 5.32 Å². The van der Waals surface area contributed by atoms with Crippen LogP contribution in [0.3, 0.4) is 0 Å². The molecule has 1 heterocycles. The van der Waals surface area contributed by atoms with Gasteiger partial charge in [0.1, 0.15) is 9.84 Å². The number of nitrogens with zero attached hydrogens (tertiary/aromatic N) is 1. The summed E-state index contributed by atoms with van der Waals surface area (Å²) in [6, 6.07) is 3.70. The van der Waals surface area contributed by atoms with Gasteiger partial charge >= 0.3 is 0 Å². The Labute approximate surface area is 84.3 Å². The number of nitrogens with one attached hydrogen (secondary N) is 1. The topological polar surface area (TPSA) is 59.1 Å². The summed E-state index contributed by atoms with van der Waals surface area (Å²) >= 11 is 0. The van der Waals surface area contributed by atoms with Crippen LogP contribution in [0.4, 0.5) is 5.69 Å². The van der Waals surface area contributed by atoms with Crippen LogP contribution >= 0.6 is 0 Å². The molecule has 5 heteroatoms. The van der Waals surface area contributed by atoms with Crippen molar-refractivity contribution in [2.75, 3.05) is 23.9 Å². The Balaban J connectivity index is 2.23. The highest BCUT2D eigenvalue weighted by molar-refractivity contribution is 7.90. The molecule has 0 aliphatic heterocycles. The molecule has 1 aromatic heterocycles. The number of sulfone groups is 1. The monoisotopic (exact) mass is 214 g/mol. The number of aromatic nitrogens is 1. The zero-order chi connectivity index (χ0) is 10.4. The van der Waals surface area contributed by atoms with Gasteiger partial charge in [0.25, 0.3) is 0 Å². The van der Waals surface area contributed by atoms with Gasteiger partial charge in [0.05, 0.1) is 5.75 Å². The van der Waals surface area contributed by atoms with E-state index in [4.69, 9.17) is 0 Å². The summed E-state index contributed by atoms with van der Waals surface area (Å²) in [7, 11) is -2.83. The van der Waals surface area contributed by atoms with Crippen molar-refractivity contribution in [2.24, 2.45) is 0 Å². The van der Waals surface area contributed by atoms with Crippen molar-refractivity contribution in [2.45, 2.75) is 6.42 Å². The molecule has 0 aromatic carbocycles. The number of anilines is 1. The lowest BCUT2D eigenvalue weighted by Crippen LogP contribution is -2.09. The summed E-state index contributed by atoms with van der Waals surface area (Å²) in [5.74, 6) is 0.227. The summed E-state index contributed by atoms with van der Waals surface area (Å²) in [4.78, 5) is 3.88. The van der Waals surface area contributed by atoms with Gasteiger partial charge in [0.15, 0.2) is 0 Å². The van der Waals surface area contributed by atoms with Crippen LogP contribution in [0, 0.1) is 0 Å². The van der Waals surface area contributed by atoms with Gasteiger partial charge in [0.2, 0.25) is 0 Å². The van der Waals surface area contributed by atoms with Crippen LogP contribution in [0.5, 0.6) is 0 Å². The van der Waals surface area contributed by atoms with E-state index in [1.165, 1.54) is 6.26 Å². The molecule has 0 spiro atoms. The van der Waals surface area contributed by atoms with E-state index in [-0.39, 0.29) is 5.75 Å². The summed E-state index contributed by atoms with van der Waals surface area (Å²) in [6.45, 7) is 0.664. The third kappa shape index (κ3) is 4.81. The highest BCUT2D eigenvalue weighted by Gasteiger charge is 2.00. The van der Waals surface area contributed by atoms with E-state index in [2.05, 4.69) is 10.3 Å². The van der Waals surface area contributed by atoms with E-state index in [9.17, 15) is 8.42 Å². The van der Waals surface area contributed by atoms with E-state index in [0.717, 1.165) is 5.69 Å². The van der Waals surface area contributed by atoms with Gasteiger partial charge in [-0.15, -0.1) is 0 Å². The van der Waals surface area contributed by atoms with Crippen LogP contribution in [0.1, 0.15) is 6.42 Å². The van der Waals surface area contributed by atoms with Crippen LogP contribution in [-0.4, -0.2) is 32.0 Å². The molecule has 1 aromatic rings. The molecular formula is C9H14N2O2S. The normalized spacial score (nSPS) is 11.2. The summed E-state index contributed by atoms with van der Waals surface area (Å²) < 4.78 is 21.6. The molecule has 1 N–H and O–H groups in total. The molecule has 14 heavy (non-hydrogen) atoms. The van der Waals surface area contributed by atoms with Crippen molar-refractivity contribution in [1.82, 2.24) is 4.98 Å². The Hall–Kier alpha value is -1.10. The fraction of sp³-hybridized carbons (Fsp3) is 0.444. The van der Waals surface area contributed by atoms with Crippen LogP contribution in [0.15, 0.2) is 24.5 Å². The second-order valence-electron chi connectivity index (χ2n) is 3.15. The van der Waals surface area contributed by atoms with Crippen LogP contribution in [0.25, 0.3) is 0 Å². The van der Waals surface area contributed by atoms with E-state index >= 15 is 0 Å². The molecule has 1 rings (SSSR count). The Kier molecular flexibility index (Phi) is 3.88. The van der Waals surface area contributed by atoms with Crippen molar-refractivity contribution < 1.29 is 8.42 Å². The van der Waals surface area contributed by atoms with Gasteiger partial charge in [-0.05, 0) is 18.6 Å². The number of hydrogen-bond donors (Lipinski definition) is 1. The molecule has 0 fully saturated rings. The third-order valence-electron chi connectivity index (χ3n) is 1.70. The van der Waals surface area contributed by atoms with Crippen molar-refractivity contribution in [3.05, 3.63) is 24.5 Å². The molecule has 0 amide bonds. The lowest BCUT2D eigenvalue weighted by Gasteiger charge is -2.04. The smallest absolute Gasteiger partial charge is 0.147 e. The average molecular weight is 214 g/mol. The fourth-order valence-corrected chi connectivity index (χ4v) is 1.71. The molecule has 4 nitrogen and oxygen atoms in total. The zero-order valence-electron chi connectivity index (χ0n) is 8.10. The quantitative estimate of drug-likeness (QED) is 0.741. The Morgan fingerprint density at radius 1 is 1.36 bits per heavy atom. The largest absolute Gasteiger partial charge is 0.385 e. The Morgan fingerprint density at radius 2 is 2.00 bits per heavy atom.